The summed E-state index contributed by atoms with van der Waals surface area (Å²) >= 11 is 0. The van der Waals surface area contributed by atoms with Crippen molar-refractivity contribution >= 4 is 17.7 Å². The Balaban J connectivity index is 1.21. The normalized spacial score (nSPS) is 19.4. The van der Waals surface area contributed by atoms with Crippen LogP contribution in [0.3, 0.4) is 0 Å². The maximum Gasteiger partial charge on any atom is 0.338 e. The van der Waals surface area contributed by atoms with E-state index in [0.717, 1.165) is 38.9 Å². The molecule has 2 saturated heterocycles. The highest BCUT2D eigenvalue weighted by atomic mass is 19.1. The standard InChI is InChI=1S/C27H34FN3O4/c1-2-34-26(32)22-5-9-24(10-6-22)29-27(33)31-15-16-35-25(19-31)18-30-13-11-21(12-14-30)17-20-3-7-23(28)8-4-20/h3-10,21,25H,2,11-19H2,1H3,(H,29,33). The van der Waals surface area contributed by atoms with Crippen molar-refractivity contribution in [1.29, 1.82) is 0 Å². The van der Waals surface area contributed by atoms with Gasteiger partial charge in [0.05, 0.1) is 24.9 Å². The number of piperidine rings is 1. The summed E-state index contributed by atoms with van der Waals surface area (Å²) in [5, 5.41) is 2.91. The first-order valence-corrected chi connectivity index (χ1v) is 12.4. The van der Waals surface area contributed by atoms with E-state index in [9.17, 15) is 14.0 Å². The van der Waals surface area contributed by atoms with Crippen molar-refractivity contribution in [2.75, 3.05) is 51.3 Å². The number of nitrogens with one attached hydrogen (secondary N) is 1. The van der Waals surface area contributed by atoms with Gasteiger partial charge in [-0.25, -0.2) is 14.0 Å². The molecular formula is C27H34FN3O4. The van der Waals surface area contributed by atoms with Crippen LogP contribution in [-0.2, 0) is 15.9 Å². The Morgan fingerprint density at radius 2 is 1.77 bits per heavy atom. The first-order valence-electron chi connectivity index (χ1n) is 12.4. The molecule has 0 aliphatic carbocycles. The molecule has 2 aromatic rings. The van der Waals surface area contributed by atoms with Crippen molar-refractivity contribution in [1.82, 2.24) is 9.80 Å². The van der Waals surface area contributed by atoms with E-state index in [1.807, 2.05) is 12.1 Å². The molecule has 35 heavy (non-hydrogen) atoms. The number of likely N-dealkylation sites (tertiary alicyclic amines) is 1. The number of amides is 2. The Hall–Kier alpha value is -2.97. The van der Waals surface area contributed by atoms with Crippen LogP contribution < -0.4 is 5.32 Å². The van der Waals surface area contributed by atoms with Gasteiger partial charge in [-0.15, -0.1) is 0 Å². The summed E-state index contributed by atoms with van der Waals surface area (Å²) in [5.74, 6) is 0.0491. The van der Waals surface area contributed by atoms with Crippen LogP contribution in [0.5, 0.6) is 0 Å². The minimum Gasteiger partial charge on any atom is -0.462 e. The van der Waals surface area contributed by atoms with Crippen LogP contribution in [0.2, 0.25) is 0 Å². The molecule has 0 spiro atoms. The fourth-order valence-corrected chi connectivity index (χ4v) is 4.74. The molecule has 0 saturated carbocycles. The predicted molar refractivity (Wildman–Crippen MR) is 132 cm³/mol. The Kier molecular flexibility index (Phi) is 8.71. The van der Waals surface area contributed by atoms with E-state index in [1.54, 1.807) is 36.1 Å². The van der Waals surface area contributed by atoms with Gasteiger partial charge in [0.25, 0.3) is 0 Å². The average Bonchev–Trinajstić information content (AvgIpc) is 2.87. The van der Waals surface area contributed by atoms with Crippen molar-refractivity contribution in [3.8, 4) is 0 Å². The van der Waals surface area contributed by atoms with Crippen LogP contribution in [0, 0.1) is 11.7 Å². The second kappa shape index (κ2) is 12.1. The maximum atomic E-state index is 13.1. The number of hydrogen-bond donors (Lipinski definition) is 1. The number of rotatable bonds is 7. The fraction of sp³-hybridized carbons (Fsp3) is 0.481. The molecule has 8 heteroatoms. The first-order chi connectivity index (χ1) is 17.0. The molecule has 188 valence electrons. The van der Waals surface area contributed by atoms with Gasteiger partial charge in [0, 0.05) is 25.3 Å². The van der Waals surface area contributed by atoms with Crippen LogP contribution in [0.4, 0.5) is 14.9 Å². The number of halogens is 1. The number of benzene rings is 2. The highest BCUT2D eigenvalue weighted by molar-refractivity contribution is 5.92. The number of hydrogen-bond acceptors (Lipinski definition) is 5. The smallest absolute Gasteiger partial charge is 0.338 e. The van der Waals surface area contributed by atoms with E-state index in [4.69, 9.17) is 9.47 Å². The van der Waals surface area contributed by atoms with E-state index in [2.05, 4.69) is 10.2 Å². The molecule has 0 aromatic heterocycles. The molecule has 1 unspecified atom stereocenters. The zero-order chi connectivity index (χ0) is 24.6. The van der Waals surface area contributed by atoms with Gasteiger partial charge in [0.1, 0.15) is 5.82 Å². The minimum absolute atomic E-state index is 0.0191. The number of esters is 1. The van der Waals surface area contributed by atoms with Crippen molar-refractivity contribution in [3.63, 3.8) is 0 Å². The SMILES string of the molecule is CCOC(=O)c1ccc(NC(=O)N2CCOC(CN3CCC(Cc4ccc(F)cc4)CC3)C2)cc1. The number of carbonyl (C=O) groups excluding carboxylic acids is 2. The predicted octanol–water partition coefficient (Wildman–Crippen LogP) is 4.19. The second-order valence-electron chi connectivity index (χ2n) is 9.24. The third kappa shape index (κ3) is 7.26. The van der Waals surface area contributed by atoms with Crippen molar-refractivity contribution in [2.24, 2.45) is 5.92 Å². The topological polar surface area (TPSA) is 71.1 Å². The van der Waals surface area contributed by atoms with Crippen LogP contribution in [0.15, 0.2) is 48.5 Å². The minimum atomic E-state index is -0.374. The van der Waals surface area contributed by atoms with Gasteiger partial charge in [-0.2, -0.15) is 0 Å². The van der Waals surface area contributed by atoms with Crippen molar-refractivity contribution < 1.29 is 23.5 Å². The van der Waals surface area contributed by atoms with Crippen LogP contribution >= 0.6 is 0 Å². The number of nitrogens with zero attached hydrogens (tertiary/aromatic N) is 2. The van der Waals surface area contributed by atoms with Crippen LogP contribution in [0.1, 0.15) is 35.7 Å². The van der Waals surface area contributed by atoms with Crippen LogP contribution in [-0.4, -0.2) is 73.8 Å². The molecule has 2 amide bonds. The lowest BCUT2D eigenvalue weighted by molar-refractivity contribution is -0.0329. The summed E-state index contributed by atoms with van der Waals surface area (Å²) < 4.78 is 24.1. The fourth-order valence-electron chi connectivity index (χ4n) is 4.74. The third-order valence-corrected chi connectivity index (χ3v) is 6.68. The zero-order valence-electron chi connectivity index (χ0n) is 20.2. The zero-order valence-corrected chi connectivity index (χ0v) is 20.2. The second-order valence-corrected chi connectivity index (χ2v) is 9.24. The molecule has 1 N–H and O–H groups in total. The lowest BCUT2D eigenvalue weighted by Gasteiger charge is -2.38. The lowest BCUT2D eigenvalue weighted by Crippen LogP contribution is -2.51. The highest BCUT2D eigenvalue weighted by Gasteiger charge is 2.28. The van der Waals surface area contributed by atoms with Gasteiger partial charge in [-0.1, -0.05) is 12.1 Å². The average molecular weight is 484 g/mol. The van der Waals surface area contributed by atoms with E-state index in [1.165, 1.54) is 17.7 Å². The molecule has 7 nitrogen and oxygen atoms in total. The quantitative estimate of drug-likeness (QED) is 0.598. The summed E-state index contributed by atoms with van der Waals surface area (Å²) in [5.41, 5.74) is 2.28. The lowest BCUT2D eigenvalue weighted by atomic mass is 9.90. The molecule has 2 aliphatic rings. The summed E-state index contributed by atoms with van der Waals surface area (Å²) in [6.45, 7) is 6.51. The first kappa shape index (κ1) is 25.1. The van der Waals surface area contributed by atoms with Gasteiger partial charge >= 0.3 is 12.0 Å². The third-order valence-electron chi connectivity index (χ3n) is 6.68. The van der Waals surface area contributed by atoms with Crippen molar-refractivity contribution in [3.05, 3.63) is 65.5 Å². The number of ether oxygens (including phenoxy) is 2. The van der Waals surface area contributed by atoms with Gasteiger partial charge in [-0.3, -0.25) is 0 Å². The summed E-state index contributed by atoms with van der Waals surface area (Å²) in [4.78, 5) is 28.8. The monoisotopic (exact) mass is 483 g/mol. The Morgan fingerprint density at radius 3 is 2.46 bits per heavy atom. The molecule has 2 heterocycles. The molecule has 4 rings (SSSR count). The van der Waals surface area contributed by atoms with Gasteiger partial charge in [0.2, 0.25) is 0 Å². The van der Waals surface area contributed by atoms with Gasteiger partial charge in [-0.05, 0) is 87.2 Å². The number of carbonyl (C=O) groups is 2. The Bertz CT molecular complexity index is 975. The Morgan fingerprint density at radius 1 is 1.06 bits per heavy atom. The van der Waals surface area contributed by atoms with Crippen LogP contribution in [0.25, 0.3) is 0 Å². The highest BCUT2D eigenvalue weighted by Crippen LogP contribution is 2.23. The molecule has 2 aliphatic heterocycles. The molecule has 2 fully saturated rings. The number of anilines is 1. The van der Waals surface area contributed by atoms with E-state index in [-0.39, 0.29) is 23.9 Å². The number of morpholine rings is 1. The summed E-state index contributed by atoms with van der Waals surface area (Å²) in [7, 11) is 0. The van der Waals surface area contributed by atoms with E-state index in [0.29, 0.717) is 43.5 Å². The Labute approximate surface area is 206 Å². The molecule has 0 radical (unpaired) electrons. The summed E-state index contributed by atoms with van der Waals surface area (Å²) in [6.07, 6.45) is 3.18. The molecule has 2 aromatic carbocycles. The maximum absolute atomic E-state index is 13.1. The molecular weight excluding hydrogens is 449 g/mol. The van der Waals surface area contributed by atoms with Gasteiger partial charge in [0.15, 0.2) is 0 Å². The summed E-state index contributed by atoms with van der Waals surface area (Å²) in [6, 6.07) is 13.4. The van der Waals surface area contributed by atoms with Crippen molar-refractivity contribution in [2.45, 2.75) is 32.3 Å². The van der Waals surface area contributed by atoms with Gasteiger partial charge < -0.3 is 24.6 Å². The molecule has 1 atom stereocenters. The largest absolute Gasteiger partial charge is 0.462 e. The van der Waals surface area contributed by atoms with E-state index >= 15 is 0 Å². The number of urea groups is 1. The molecule has 0 bridgehead atoms. The van der Waals surface area contributed by atoms with E-state index < -0.39 is 0 Å².